The standard InChI is InChI=1S/C28H23N7S/c1-16(17-3-2-4-17)32-21-7-19(10-29-12-21)20-8-23-27(34-35-28(23)31-11-20)25-9-22-24(18-5-6-36-15-18)13-30-14-26(22)33-25/h5-15,17,32-33H,1-4H2,(H,31,34,35). The van der Waals surface area contributed by atoms with Crippen LogP contribution in [0.15, 0.2) is 78.3 Å². The fourth-order valence-corrected chi connectivity index (χ4v) is 5.46. The molecule has 1 aliphatic rings. The molecule has 0 aliphatic heterocycles. The molecule has 6 aromatic heterocycles. The molecule has 0 bridgehead atoms. The molecule has 6 aromatic rings. The highest BCUT2D eigenvalue weighted by molar-refractivity contribution is 7.08. The predicted octanol–water partition coefficient (Wildman–Crippen LogP) is 7.02. The maximum absolute atomic E-state index is 4.62. The summed E-state index contributed by atoms with van der Waals surface area (Å²) in [5.74, 6) is 0.562. The molecule has 176 valence electrons. The van der Waals surface area contributed by atoms with E-state index in [0.29, 0.717) is 11.6 Å². The Morgan fingerprint density at radius 3 is 2.69 bits per heavy atom. The second-order valence-electron chi connectivity index (χ2n) is 9.28. The van der Waals surface area contributed by atoms with Crippen molar-refractivity contribution < 1.29 is 0 Å². The largest absolute Gasteiger partial charge is 0.358 e. The minimum atomic E-state index is 0.562. The number of fused-ring (bicyclic) bond motifs is 2. The molecule has 6 heterocycles. The van der Waals surface area contributed by atoms with Crippen LogP contribution in [0, 0.1) is 5.92 Å². The van der Waals surface area contributed by atoms with Crippen molar-refractivity contribution in [3.05, 3.63) is 78.3 Å². The number of thiophene rings is 1. The molecule has 0 radical (unpaired) electrons. The number of aromatic nitrogens is 6. The third-order valence-corrected chi connectivity index (χ3v) is 7.71. The lowest BCUT2D eigenvalue weighted by atomic mass is 9.83. The number of hydrogen-bond donors (Lipinski definition) is 3. The maximum atomic E-state index is 4.62. The number of rotatable bonds is 6. The Labute approximate surface area is 211 Å². The molecule has 8 heteroatoms. The summed E-state index contributed by atoms with van der Waals surface area (Å²) in [4.78, 5) is 17.0. The van der Waals surface area contributed by atoms with Crippen LogP contribution in [0.4, 0.5) is 5.69 Å². The Balaban J connectivity index is 1.26. The monoisotopic (exact) mass is 489 g/mol. The van der Waals surface area contributed by atoms with Gasteiger partial charge in [0.05, 0.1) is 35.0 Å². The van der Waals surface area contributed by atoms with Gasteiger partial charge in [-0.1, -0.05) is 13.0 Å². The Morgan fingerprint density at radius 1 is 0.972 bits per heavy atom. The third-order valence-electron chi connectivity index (χ3n) is 7.03. The van der Waals surface area contributed by atoms with Gasteiger partial charge in [-0.2, -0.15) is 16.4 Å². The van der Waals surface area contributed by atoms with Gasteiger partial charge in [0.25, 0.3) is 0 Å². The highest BCUT2D eigenvalue weighted by Gasteiger charge is 2.21. The Bertz CT molecular complexity index is 1720. The number of allylic oxidation sites excluding steroid dienone is 1. The minimum absolute atomic E-state index is 0.562. The summed E-state index contributed by atoms with van der Waals surface area (Å²) in [5.41, 5.74) is 9.76. The van der Waals surface area contributed by atoms with Crippen LogP contribution < -0.4 is 5.32 Å². The van der Waals surface area contributed by atoms with Gasteiger partial charge in [-0.3, -0.25) is 15.1 Å². The third kappa shape index (κ3) is 3.58. The molecular formula is C28H23N7S. The SMILES string of the molecule is C=C(Nc1cncc(-c2cnc3n[nH]c(-c4cc5c(-c6ccsc6)cncc5[nH]4)c3c2)c1)C1CCC1. The molecule has 0 unspecified atom stereocenters. The van der Waals surface area contributed by atoms with Gasteiger partial charge < -0.3 is 10.3 Å². The van der Waals surface area contributed by atoms with E-state index >= 15 is 0 Å². The number of pyridine rings is 3. The zero-order valence-electron chi connectivity index (χ0n) is 19.5. The quantitative estimate of drug-likeness (QED) is 0.234. The van der Waals surface area contributed by atoms with Gasteiger partial charge in [0.15, 0.2) is 5.65 Å². The molecule has 36 heavy (non-hydrogen) atoms. The van der Waals surface area contributed by atoms with Crippen molar-refractivity contribution in [3.63, 3.8) is 0 Å². The lowest BCUT2D eigenvalue weighted by molar-refractivity contribution is 0.371. The molecule has 7 rings (SSSR count). The van der Waals surface area contributed by atoms with E-state index in [-0.39, 0.29) is 0 Å². The van der Waals surface area contributed by atoms with E-state index in [0.717, 1.165) is 55.8 Å². The normalized spacial score (nSPS) is 13.8. The van der Waals surface area contributed by atoms with Gasteiger partial charge in [-0.25, -0.2) is 4.98 Å². The van der Waals surface area contributed by atoms with Crippen LogP contribution in [0.3, 0.4) is 0 Å². The first-order chi connectivity index (χ1) is 17.7. The summed E-state index contributed by atoms with van der Waals surface area (Å²) in [6.07, 6.45) is 13.0. The zero-order chi connectivity index (χ0) is 24.1. The van der Waals surface area contributed by atoms with Crippen LogP contribution in [-0.2, 0) is 0 Å². The van der Waals surface area contributed by atoms with Crippen LogP contribution in [0.25, 0.3) is 55.6 Å². The van der Waals surface area contributed by atoms with Gasteiger partial charge in [-0.05, 0) is 59.3 Å². The van der Waals surface area contributed by atoms with Crippen molar-refractivity contribution >= 4 is 39.0 Å². The molecule has 0 spiro atoms. The summed E-state index contributed by atoms with van der Waals surface area (Å²) >= 11 is 1.68. The number of anilines is 1. The van der Waals surface area contributed by atoms with Gasteiger partial charge in [0, 0.05) is 51.8 Å². The van der Waals surface area contributed by atoms with Gasteiger partial charge >= 0.3 is 0 Å². The molecule has 3 N–H and O–H groups in total. The Kier molecular flexibility index (Phi) is 4.92. The lowest BCUT2D eigenvalue weighted by Gasteiger charge is -2.28. The molecule has 0 atom stereocenters. The van der Waals surface area contributed by atoms with E-state index in [1.165, 1.54) is 24.8 Å². The van der Waals surface area contributed by atoms with Gasteiger partial charge in [0.2, 0.25) is 0 Å². The molecule has 0 amide bonds. The van der Waals surface area contributed by atoms with Crippen molar-refractivity contribution in [2.24, 2.45) is 5.92 Å². The Morgan fingerprint density at radius 2 is 1.86 bits per heavy atom. The average molecular weight is 490 g/mol. The van der Waals surface area contributed by atoms with Crippen molar-refractivity contribution in [3.8, 4) is 33.6 Å². The van der Waals surface area contributed by atoms with Crippen LogP contribution in [0.1, 0.15) is 19.3 Å². The highest BCUT2D eigenvalue weighted by atomic mass is 32.1. The fraction of sp³-hybridized carbons (Fsp3) is 0.143. The van der Waals surface area contributed by atoms with E-state index in [4.69, 9.17) is 0 Å². The molecular weight excluding hydrogens is 466 g/mol. The summed E-state index contributed by atoms with van der Waals surface area (Å²) in [7, 11) is 0. The summed E-state index contributed by atoms with van der Waals surface area (Å²) in [5, 5.41) is 17.4. The molecule has 7 nitrogen and oxygen atoms in total. The Hall–Kier alpha value is -4.30. The number of nitrogens with one attached hydrogen (secondary N) is 3. The number of aromatic amines is 2. The van der Waals surface area contributed by atoms with Crippen LogP contribution in [-0.4, -0.2) is 30.1 Å². The second kappa shape index (κ2) is 8.42. The van der Waals surface area contributed by atoms with Gasteiger partial charge in [0.1, 0.15) is 0 Å². The first-order valence-electron chi connectivity index (χ1n) is 12.0. The van der Waals surface area contributed by atoms with Crippen LogP contribution in [0.2, 0.25) is 0 Å². The van der Waals surface area contributed by atoms with Crippen molar-refractivity contribution in [1.29, 1.82) is 0 Å². The summed E-state index contributed by atoms with van der Waals surface area (Å²) < 4.78 is 0. The first-order valence-corrected chi connectivity index (χ1v) is 12.9. The first kappa shape index (κ1) is 21.0. The van der Waals surface area contributed by atoms with Crippen molar-refractivity contribution in [2.45, 2.75) is 19.3 Å². The fourth-order valence-electron chi connectivity index (χ4n) is 4.81. The zero-order valence-corrected chi connectivity index (χ0v) is 20.3. The molecule has 0 saturated heterocycles. The van der Waals surface area contributed by atoms with E-state index in [2.05, 4.69) is 77.1 Å². The summed E-state index contributed by atoms with van der Waals surface area (Å²) in [6.45, 7) is 4.22. The van der Waals surface area contributed by atoms with Crippen LogP contribution in [0.5, 0.6) is 0 Å². The molecule has 1 saturated carbocycles. The summed E-state index contributed by atoms with van der Waals surface area (Å²) in [6, 6.07) is 8.49. The van der Waals surface area contributed by atoms with E-state index < -0.39 is 0 Å². The average Bonchev–Trinajstić information content (AvgIpc) is 3.61. The maximum Gasteiger partial charge on any atom is 0.181 e. The highest BCUT2D eigenvalue weighted by Crippen LogP contribution is 2.36. The topological polar surface area (TPSA) is 95.2 Å². The number of nitrogens with zero attached hydrogens (tertiary/aromatic N) is 4. The van der Waals surface area contributed by atoms with Crippen LogP contribution >= 0.6 is 11.3 Å². The molecule has 1 aliphatic carbocycles. The number of hydrogen-bond acceptors (Lipinski definition) is 6. The van der Waals surface area contributed by atoms with Crippen molar-refractivity contribution in [1.82, 2.24) is 30.1 Å². The second-order valence-corrected chi connectivity index (χ2v) is 10.1. The lowest BCUT2D eigenvalue weighted by Crippen LogP contribution is -2.18. The smallest absolute Gasteiger partial charge is 0.181 e. The number of H-pyrrole nitrogens is 2. The van der Waals surface area contributed by atoms with E-state index in [1.807, 2.05) is 31.0 Å². The molecule has 0 aromatic carbocycles. The molecule has 1 fully saturated rings. The van der Waals surface area contributed by atoms with Gasteiger partial charge in [-0.15, -0.1) is 0 Å². The van der Waals surface area contributed by atoms with E-state index in [1.54, 1.807) is 11.3 Å². The van der Waals surface area contributed by atoms with Crippen molar-refractivity contribution in [2.75, 3.05) is 5.32 Å². The van der Waals surface area contributed by atoms with E-state index in [9.17, 15) is 0 Å². The predicted molar refractivity (Wildman–Crippen MR) is 146 cm³/mol. The minimum Gasteiger partial charge on any atom is -0.358 e.